The van der Waals surface area contributed by atoms with Crippen LogP contribution in [-0.4, -0.2) is 29.9 Å². The van der Waals surface area contributed by atoms with E-state index in [0.717, 1.165) is 42.4 Å². The van der Waals surface area contributed by atoms with E-state index in [9.17, 15) is 4.79 Å². The molecule has 1 amide bonds. The second kappa shape index (κ2) is 12.0. The minimum atomic E-state index is -0.187. The summed E-state index contributed by atoms with van der Waals surface area (Å²) >= 11 is 0. The summed E-state index contributed by atoms with van der Waals surface area (Å²) in [5.74, 6) is 1.14. The van der Waals surface area contributed by atoms with E-state index in [0.29, 0.717) is 24.9 Å². The Morgan fingerprint density at radius 3 is 2.03 bits per heavy atom. The van der Waals surface area contributed by atoms with Gasteiger partial charge in [-0.25, -0.2) is 0 Å². The number of hydrogen-bond acceptors (Lipinski definition) is 2. The van der Waals surface area contributed by atoms with Crippen molar-refractivity contribution < 1.29 is 4.79 Å². The van der Waals surface area contributed by atoms with Crippen molar-refractivity contribution in [3.05, 3.63) is 120 Å². The predicted octanol–water partition coefficient (Wildman–Crippen LogP) is 6.15. The third-order valence-corrected chi connectivity index (χ3v) is 7.75. The van der Waals surface area contributed by atoms with Crippen LogP contribution in [-0.2, 0) is 0 Å². The monoisotopic (exact) mass is 504 g/mol. The maximum Gasteiger partial charge on any atom is 0.254 e. The molecule has 5 nitrogen and oxygen atoms in total. The summed E-state index contributed by atoms with van der Waals surface area (Å²) in [6, 6.07) is 34.9. The van der Waals surface area contributed by atoms with Gasteiger partial charge in [0.25, 0.3) is 5.91 Å². The fraction of sp³-hybridized carbons (Fsp3) is 0.273. The average molecular weight is 505 g/mol. The van der Waals surface area contributed by atoms with Crippen molar-refractivity contribution in [2.45, 2.75) is 31.7 Å². The van der Waals surface area contributed by atoms with E-state index in [-0.39, 0.29) is 17.9 Å². The lowest BCUT2D eigenvalue weighted by atomic mass is 9.81. The number of guanidine groups is 1. The van der Waals surface area contributed by atoms with Crippen molar-refractivity contribution in [2.24, 2.45) is 28.3 Å². The van der Waals surface area contributed by atoms with Crippen molar-refractivity contribution in [1.82, 2.24) is 4.90 Å². The first-order valence-electron chi connectivity index (χ1n) is 13.5. The molecule has 194 valence electrons. The van der Waals surface area contributed by atoms with Gasteiger partial charge in [-0.2, -0.15) is 0 Å². The first-order valence-corrected chi connectivity index (χ1v) is 13.5. The molecule has 0 saturated heterocycles. The summed E-state index contributed by atoms with van der Waals surface area (Å²) in [5.41, 5.74) is 14.1. The van der Waals surface area contributed by atoms with Gasteiger partial charge in [-0.05, 0) is 77.6 Å². The number of benzene rings is 4. The molecular weight excluding hydrogens is 468 g/mol. The van der Waals surface area contributed by atoms with Gasteiger partial charge in [0.2, 0.25) is 0 Å². The highest BCUT2D eigenvalue weighted by atomic mass is 16.2. The van der Waals surface area contributed by atoms with E-state index in [4.69, 9.17) is 11.5 Å². The highest BCUT2D eigenvalue weighted by Crippen LogP contribution is 2.36. The SMILES string of the molecule is NC(N)=NCC1CCC(CN(C(=O)c2ccccc2)C(c2ccccc2)c2ccc3ccccc3c2)CC1. The van der Waals surface area contributed by atoms with Crippen LogP contribution in [0.2, 0.25) is 0 Å². The number of aliphatic imine (C=N–C) groups is 1. The van der Waals surface area contributed by atoms with Crippen LogP contribution in [0.1, 0.15) is 53.2 Å². The van der Waals surface area contributed by atoms with Crippen LogP contribution in [0.25, 0.3) is 10.8 Å². The molecule has 0 bridgehead atoms. The highest BCUT2D eigenvalue weighted by molar-refractivity contribution is 5.95. The van der Waals surface area contributed by atoms with Crippen molar-refractivity contribution in [3.63, 3.8) is 0 Å². The standard InChI is InChI=1S/C33H36N4O/c34-33(35)36-22-24-15-17-25(18-16-24)23-37(32(38)28-12-5-2-6-13-28)31(27-10-3-1-4-11-27)30-20-19-26-9-7-8-14-29(26)21-30/h1-14,19-21,24-25,31H,15-18,22-23H2,(H4,34,35,36). The van der Waals surface area contributed by atoms with Crippen LogP contribution in [0.3, 0.4) is 0 Å². The topological polar surface area (TPSA) is 84.7 Å². The fourth-order valence-corrected chi connectivity index (χ4v) is 5.73. The van der Waals surface area contributed by atoms with Crippen LogP contribution in [0.4, 0.5) is 0 Å². The van der Waals surface area contributed by atoms with Gasteiger partial charge in [-0.15, -0.1) is 0 Å². The van der Waals surface area contributed by atoms with E-state index in [2.05, 4.69) is 76.6 Å². The van der Waals surface area contributed by atoms with Crippen molar-refractivity contribution in [1.29, 1.82) is 0 Å². The zero-order chi connectivity index (χ0) is 26.3. The van der Waals surface area contributed by atoms with Crippen LogP contribution < -0.4 is 11.5 Å². The van der Waals surface area contributed by atoms with Crippen LogP contribution >= 0.6 is 0 Å². The molecule has 1 fully saturated rings. The third kappa shape index (κ3) is 6.05. The van der Waals surface area contributed by atoms with Crippen LogP contribution in [0.5, 0.6) is 0 Å². The smallest absolute Gasteiger partial charge is 0.254 e. The van der Waals surface area contributed by atoms with Gasteiger partial charge in [0.15, 0.2) is 5.96 Å². The largest absolute Gasteiger partial charge is 0.370 e. The molecule has 0 aliphatic heterocycles. The molecule has 0 spiro atoms. The Bertz CT molecular complexity index is 1370. The normalized spacial score (nSPS) is 18.0. The van der Waals surface area contributed by atoms with Crippen molar-refractivity contribution >= 4 is 22.6 Å². The number of nitrogens with two attached hydrogens (primary N) is 2. The molecule has 5 heteroatoms. The van der Waals surface area contributed by atoms with Gasteiger partial charge >= 0.3 is 0 Å². The molecule has 4 aromatic carbocycles. The molecule has 0 radical (unpaired) electrons. The summed E-state index contributed by atoms with van der Waals surface area (Å²) < 4.78 is 0. The molecule has 1 unspecified atom stereocenters. The number of carbonyl (C=O) groups excluding carboxylic acids is 1. The summed E-state index contributed by atoms with van der Waals surface area (Å²) in [4.78, 5) is 20.5. The summed E-state index contributed by atoms with van der Waals surface area (Å²) in [6.07, 6.45) is 4.26. The molecule has 0 aromatic heterocycles. The summed E-state index contributed by atoms with van der Waals surface area (Å²) in [7, 11) is 0. The Labute approximate surface area is 225 Å². The van der Waals surface area contributed by atoms with Crippen molar-refractivity contribution in [2.75, 3.05) is 13.1 Å². The van der Waals surface area contributed by atoms with E-state index < -0.39 is 0 Å². The Hall–Kier alpha value is -4.12. The number of carbonyl (C=O) groups is 1. The summed E-state index contributed by atoms with van der Waals surface area (Å²) in [6.45, 7) is 1.39. The molecule has 5 rings (SSSR count). The lowest BCUT2D eigenvalue weighted by Gasteiger charge is -2.37. The second-order valence-corrected chi connectivity index (χ2v) is 10.4. The molecule has 4 N–H and O–H groups in total. The lowest BCUT2D eigenvalue weighted by Crippen LogP contribution is -2.40. The van der Waals surface area contributed by atoms with Gasteiger partial charge in [-0.3, -0.25) is 9.79 Å². The van der Waals surface area contributed by atoms with Gasteiger partial charge in [0.1, 0.15) is 0 Å². The molecule has 4 aromatic rings. The zero-order valence-corrected chi connectivity index (χ0v) is 21.7. The Balaban J connectivity index is 1.50. The van der Waals surface area contributed by atoms with Crippen molar-refractivity contribution in [3.8, 4) is 0 Å². The molecular formula is C33H36N4O. The maximum absolute atomic E-state index is 14.2. The van der Waals surface area contributed by atoms with E-state index >= 15 is 0 Å². The number of rotatable bonds is 8. The van der Waals surface area contributed by atoms with E-state index in [1.54, 1.807) is 0 Å². The van der Waals surface area contributed by atoms with Gasteiger partial charge < -0.3 is 16.4 Å². The molecule has 38 heavy (non-hydrogen) atoms. The number of hydrogen-bond donors (Lipinski definition) is 2. The third-order valence-electron chi connectivity index (χ3n) is 7.75. The maximum atomic E-state index is 14.2. The minimum Gasteiger partial charge on any atom is -0.370 e. The highest BCUT2D eigenvalue weighted by Gasteiger charge is 2.31. The van der Waals surface area contributed by atoms with Crippen LogP contribution in [0, 0.1) is 11.8 Å². The Morgan fingerprint density at radius 1 is 0.737 bits per heavy atom. The van der Waals surface area contributed by atoms with Crippen LogP contribution in [0.15, 0.2) is 108 Å². The second-order valence-electron chi connectivity index (χ2n) is 10.4. The zero-order valence-electron chi connectivity index (χ0n) is 21.7. The van der Waals surface area contributed by atoms with E-state index in [1.807, 2.05) is 36.4 Å². The Kier molecular flexibility index (Phi) is 8.03. The average Bonchev–Trinajstić information content (AvgIpc) is 2.97. The number of fused-ring (bicyclic) bond motifs is 1. The molecule has 1 saturated carbocycles. The summed E-state index contributed by atoms with van der Waals surface area (Å²) in [5, 5.41) is 2.38. The predicted molar refractivity (Wildman–Crippen MR) is 156 cm³/mol. The Morgan fingerprint density at radius 2 is 1.34 bits per heavy atom. The molecule has 1 aliphatic rings. The fourth-order valence-electron chi connectivity index (χ4n) is 5.73. The van der Waals surface area contributed by atoms with Gasteiger partial charge in [0.05, 0.1) is 6.04 Å². The first-order chi connectivity index (χ1) is 18.6. The molecule has 1 aliphatic carbocycles. The number of nitrogens with zero attached hydrogens (tertiary/aromatic N) is 2. The molecule has 0 heterocycles. The van der Waals surface area contributed by atoms with E-state index in [1.165, 1.54) is 10.8 Å². The first kappa shape index (κ1) is 25.5. The number of amides is 1. The van der Waals surface area contributed by atoms with Gasteiger partial charge in [-0.1, -0.05) is 84.9 Å². The minimum absolute atomic E-state index is 0.0650. The quantitative estimate of drug-likeness (QED) is 0.223. The lowest BCUT2D eigenvalue weighted by molar-refractivity contribution is 0.0646. The molecule has 1 atom stereocenters. The van der Waals surface area contributed by atoms with Gasteiger partial charge in [0, 0.05) is 18.7 Å².